The zero-order valence-electron chi connectivity index (χ0n) is 22.8. The van der Waals surface area contributed by atoms with E-state index in [1.54, 1.807) is 43.6 Å². The molecule has 3 aromatic rings. The summed E-state index contributed by atoms with van der Waals surface area (Å²) in [7, 11) is 5.91. The van der Waals surface area contributed by atoms with Crippen LogP contribution in [0.25, 0.3) is 22.4 Å². The molecule has 39 heavy (non-hydrogen) atoms. The van der Waals surface area contributed by atoms with Gasteiger partial charge in [0.1, 0.15) is 0 Å². The SMILES string of the molecule is C=C(c1nc(/C=C/CNC(=O)c2cnn(C)c2)cc2c(NC3CCC(C)(N(C)C)CC3)cccc12)C(F)(F)F. The van der Waals surface area contributed by atoms with Crippen LogP contribution in [-0.4, -0.2) is 64.0 Å². The zero-order valence-corrected chi connectivity index (χ0v) is 22.8. The summed E-state index contributed by atoms with van der Waals surface area (Å²) in [4.78, 5) is 18.8. The van der Waals surface area contributed by atoms with Crippen LogP contribution in [0.2, 0.25) is 0 Å². The lowest BCUT2D eigenvalue weighted by atomic mass is 9.80. The number of aromatic nitrogens is 3. The van der Waals surface area contributed by atoms with Gasteiger partial charge >= 0.3 is 6.18 Å². The van der Waals surface area contributed by atoms with Crippen LogP contribution in [0.1, 0.15) is 54.4 Å². The molecule has 2 heterocycles. The van der Waals surface area contributed by atoms with Crippen molar-refractivity contribution in [1.29, 1.82) is 0 Å². The molecule has 2 N–H and O–H groups in total. The Hall–Kier alpha value is -3.66. The average molecular weight is 541 g/mol. The number of halogens is 3. The average Bonchev–Trinajstić information content (AvgIpc) is 3.33. The van der Waals surface area contributed by atoms with E-state index in [1.807, 2.05) is 6.07 Å². The number of hydrogen-bond donors (Lipinski definition) is 2. The van der Waals surface area contributed by atoms with Crippen molar-refractivity contribution >= 4 is 34.0 Å². The Balaban J connectivity index is 1.60. The molecule has 0 aliphatic heterocycles. The van der Waals surface area contributed by atoms with Crippen LogP contribution in [0, 0.1) is 0 Å². The molecule has 0 unspecified atom stereocenters. The first-order chi connectivity index (χ1) is 18.4. The minimum atomic E-state index is -4.62. The number of fused-ring (bicyclic) bond motifs is 1. The molecule has 1 aliphatic carbocycles. The molecule has 1 amide bonds. The number of nitrogens with one attached hydrogen (secondary N) is 2. The Morgan fingerprint density at radius 2 is 1.97 bits per heavy atom. The first-order valence-corrected chi connectivity index (χ1v) is 12.9. The maximum atomic E-state index is 13.7. The van der Waals surface area contributed by atoms with Gasteiger partial charge in [-0.25, -0.2) is 4.98 Å². The van der Waals surface area contributed by atoms with E-state index in [2.05, 4.69) is 53.2 Å². The summed E-state index contributed by atoms with van der Waals surface area (Å²) in [6, 6.07) is 7.27. The monoisotopic (exact) mass is 540 g/mol. The van der Waals surface area contributed by atoms with Gasteiger partial charge < -0.3 is 15.5 Å². The third-order valence-corrected chi connectivity index (χ3v) is 7.66. The van der Waals surface area contributed by atoms with Crippen LogP contribution in [0.3, 0.4) is 0 Å². The lowest BCUT2D eigenvalue weighted by molar-refractivity contribution is -0.0688. The van der Waals surface area contributed by atoms with Crippen molar-refractivity contribution in [2.45, 2.75) is 50.4 Å². The Labute approximate surface area is 226 Å². The molecule has 10 heteroatoms. The predicted molar refractivity (Wildman–Crippen MR) is 149 cm³/mol. The van der Waals surface area contributed by atoms with Crippen LogP contribution >= 0.6 is 0 Å². The van der Waals surface area contributed by atoms with Crippen molar-refractivity contribution in [2.24, 2.45) is 7.05 Å². The molecule has 0 atom stereocenters. The van der Waals surface area contributed by atoms with Gasteiger partial charge in [0.25, 0.3) is 5.91 Å². The Bertz CT molecular complexity index is 1380. The third kappa shape index (κ3) is 6.50. The maximum Gasteiger partial charge on any atom is 0.417 e. The summed E-state index contributed by atoms with van der Waals surface area (Å²) in [6.45, 7) is 5.76. The molecule has 208 valence electrons. The highest BCUT2D eigenvalue weighted by Crippen LogP contribution is 2.38. The molecule has 0 saturated heterocycles. The number of rotatable bonds is 8. The number of benzene rings is 1. The summed E-state index contributed by atoms with van der Waals surface area (Å²) >= 11 is 0. The molecule has 1 fully saturated rings. The number of nitrogens with zero attached hydrogens (tertiary/aromatic N) is 4. The number of carbonyl (C=O) groups excluding carboxylic acids is 1. The predicted octanol–water partition coefficient (Wildman–Crippen LogP) is 5.66. The fourth-order valence-corrected chi connectivity index (χ4v) is 4.90. The van der Waals surface area contributed by atoms with Gasteiger partial charge in [0.15, 0.2) is 0 Å². The molecular weight excluding hydrogens is 505 g/mol. The molecule has 0 spiro atoms. The molecule has 1 aliphatic rings. The maximum absolute atomic E-state index is 13.7. The van der Waals surface area contributed by atoms with Gasteiger partial charge in [0, 0.05) is 47.8 Å². The van der Waals surface area contributed by atoms with E-state index in [9.17, 15) is 18.0 Å². The highest BCUT2D eigenvalue weighted by Gasteiger charge is 2.35. The van der Waals surface area contributed by atoms with Crippen LogP contribution in [0.4, 0.5) is 18.9 Å². The summed E-state index contributed by atoms with van der Waals surface area (Å²) in [5.41, 5.74) is 0.474. The molecule has 1 aromatic carbocycles. The second-order valence-corrected chi connectivity index (χ2v) is 10.6. The smallest absolute Gasteiger partial charge is 0.382 e. The van der Waals surface area contributed by atoms with Gasteiger partial charge in [-0.2, -0.15) is 18.3 Å². The van der Waals surface area contributed by atoms with Crippen molar-refractivity contribution in [2.75, 3.05) is 26.0 Å². The van der Waals surface area contributed by atoms with Gasteiger partial charge in [0.05, 0.1) is 28.7 Å². The minimum absolute atomic E-state index is 0.142. The minimum Gasteiger partial charge on any atom is -0.382 e. The molecule has 7 nitrogen and oxygen atoms in total. The summed E-state index contributed by atoms with van der Waals surface area (Å²) in [5.74, 6) is -0.297. The standard InChI is InChI=1S/C29H35F3N6O/c1-19(29(30,31)32)26-23-9-6-10-25(35-21-11-13-28(2,14-12-21)37(3)4)24(23)16-22(36-26)8-7-15-33-27(39)20-17-34-38(5)18-20/h6-10,16-18,21,35H,1,11-15H2,2-5H3,(H,33,39)/b8-7+. The summed E-state index contributed by atoms with van der Waals surface area (Å²) in [6.07, 6.45) is 5.67. The lowest BCUT2D eigenvalue weighted by Crippen LogP contribution is -2.46. The molecular formula is C29H35F3N6O. The number of allylic oxidation sites excluding steroid dienone is 1. The van der Waals surface area contributed by atoms with Gasteiger partial charge in [-0.05, 0) is 64.9 Å². The number of anilines is 1. The van der Waals surface area contributed by atoms with Crippen molar-refractivity contribution in [3.63, 3.8) is 0 Å². The Morgan fingerprint density at radius 3 is 2.59 bits per heavy atom. The molecule has 2 aromatic heterocycles. The first kappa shape index (κ1) is 28.4. The second-order valence-electron chi connectivity index (χ2n) is 10.6. The van der Waals surface area contributed by atoms with E-state index in [0.29, 0.717) is 22.0 Å². The summed E-state index contributed by atoms with van der Waals surface area (Å²) < 4.78 is 42.7. The van der Waals surface area contributed by atoms with Crippen molar-refractivity contribution in [3.8, 4) is 0 Å². The van der Waals surface area contributed by atoms with E-state index < -0.39 is 11.7 Å². The third-order valence-electron chi connectivity index (χ3n) is 7.66. The van der Waals surface area contributed by atoms with Gasteiger partial charge in [0.2, 0.25) is 0 Å². The number of aryl methyl sites for hydroxylation is 1. The van der Waals surface area contributed by atoms with Crippen molar-refractivity contribution < 1.29 is 18.0 Å². The Kier molecular flexibility index (Phi) is 8.15. The topological polar surface area (TPSA) is 75.1 Å². The highest BCUT2D eigenvalue weighted by molar-refractivity contribution is 6.01. The second kappa shape index (κ2) is 11.2. The van der Waals surface area contributed by atoms with Crippen LogP contribution in [0.5, 0.6) is 0 Å². The van der Waals surface area contributed by atoms with Gasteiger partial charge in [-0.1, -0.05) is 24.8 Å². The zero-order chi connectivity index (χ0) is 28.4. The fraction of sp³-hybridized carbons (Fsp3) is 0.414. The van der Waals surface area contributed by atoms with Crippen LogP contribution in [0.15, 0.2) is 49.3 Å². The van der Waals surface area contributed by atoms with Gasteiger partial charge in [-0.3, -0.25) is 9.48 Å². The number of hydrogen-bond acceptors (Lipinski definition) is 5. The van der Waals surface area contributed by atoms with E-state index in [-0.39, 0.29) is 29.7 Å². The quantitative estimate of drug-likeness (QED) is 0.386. The van der Waals surface area contributed by atoms with E-state index >= 15 is 0 Å². The van der Waals surface area contributed by atoms with E-state index in [1.165, 1.54) is 10.9 Å². The van der Waals surface area contributed by atoms with Crippen LogP contribution < -0.4 is 10.6 Å². The largest absolute Gasteiger partial charge is 0.417 e. The van der Waals surface area contributed by atoms with Crippen molar-refractivity contribution in [3.05, 3.63) is 66.3 Å². The van der Waals surface area contributed by atoms with Crippen LogP contribution in [-0.2, 0) is 7.05 Å². The van der Waals surface area contributed by atoms with Gasteiger partial charge in [-0.15, -0.1) is 0 Å². The first-order valence-electron chi connectivity index (χ1n) is 12.9. The summed E-state index contributed by atoms with van der Waals surface area (Å²) in [5, 5.41) is 11.3. The normalized spacial score (nSPS) is 20.1. The molecule has 1 saturated carbocycles. The number of pyridine rings is 1. The fourth-order valence-electron chi connectivity index (χ4n) is 4.90. The van der Waals surface area contributed by atoms with E-state index in [4.69, 9.17) is 0 Å². The lowest BCUT2D eigenvalue weighted by Gasteiger charge is -2.42. The highest BCUT2D eigenvalue weighted by atomic mass is 19.4. The van der Waals surface area contributed by atoms with Crippen molar-refractivity contribution in [1.82, 2.24) is 25.0 Å². The molecule has 0 radical (unpaired) electrons. The Morgan fingerprint density at radius 1 is 1.26 bits per heavy atom. The number of carbonyl (C=O) groups is 1. The molecule has 4 rings (SSSR count). The number of amides is 1. The van der Waals surface area contributed by atoms with E-state index in [0.717, 1.165) is 31.4 Å². The molecule has 0 bridgehead atoms. The number of alkyl halides is 3.